The minimum atomic E-state index is -5.00. The van der Waals surface area contributed by atoms with Gasteiger partial charge in [-0.15, -0.1) is 11.3 Å². The Hall–Kier alpha value is -2.32. The van der Waals surface area contributed by atoms with Crippen LogP contribution in [0.3, 0.4) is 0 Å². The summed E-state index contributed by atoms with van der Waals surface area (Å²) in [6.45, 7) is 0. The summed E-state index contributed by atoms with van der Waals surface area (Å²) in [6, 6.07) is 4.32. The van der Waals surface area contributed by atoms with Crippen molar-refractivity contribution in [2.75, 3.05) is 0 Å². The van der Waals surface area contributed by atoms with E-state index >= 15 is 0 Å². The molecule has 18 heavy (non-hydrogen) atoms. The summed E-state index contributed by atoms with van der Waals surface area (Å²) in [5.41, 5.74) is -1.83. The number of alkyl halides is 3. The van der Waals surface area contributed by atoms with Gasteiger partial charge < -0.3 is 5.11 Å². The van der Waals surface area contributed by atoms with E-state index < -0.39 is 17.7 Å². The second-order valence-corrected chi connectivity index (χ2v) is 4.06. The highest BCUT2D eigenvalue weighted by atomic mass is 32.1. The minimum absolute atomic E-state index is 0.0596. The average Bonchev–Trinajstić information content (AvgIpc) is 2.66. The predicted octanol–water partition coefficient (Wildman–Crippen LogP) is 2.52. The number of carboxylic acids is 1. The van der Waals surface area contributed by atoms with E-state index in [4.69, 9.17) is 15.6 Å². The van der Waals surface area contributed by atoms with Crippen molar-refractivity contribution in [2.24, 2.45) is 0 Å². The fourth-order valence-corrected chi connectivity index (χ4v) is 1.90. The summed E-state index contributed by atoms with van der Waals surface area (Å²) in [6.07, 6.45) is -4.61. The van der Waals surface area contributed by atoms with Crippen molar-refractivity contribution in [1.82, 2.24) is 0 Å². The van der Waals surface area contributed by atoms with Crippen molar-refractivity contribution in [2.45, 2.75) is 6.18 Å². The predicted molar refractivity (Wildman–Crippen MR) is 55.4 cm³/mol. The molecule has 1 aromatic rings. The third-order valence-corrected chi connectivity index (χ3v) is 2.78. The van der Waals surface area contributed by atoms with Crippen LogP contribution in [-0.2, 0) is 4.79 Å². The van der Waals surface area contributed by atoms with Gasteiger partial charge in [-0.25, -0.2) is 4.79 Å². The standard InChI is InChI=1S/C10H3F3N2O2S/c11-10(12,13)7(9(16)17)2-6-1-5(3-14)8(4-15)18-6/h1-2H,(H,16,17)/b7-2-. The van der Waals surface area contributed by atoms with Crippen LogP contribution in [0.1, 0.15) is 15.3 Å². The van der Waals surface area contributed by atoms with Crippen molar-refractivity contribution in [3.8, 4) is 12.1 Å². The van der Waals surface area contributed by atoms with E-state index in [1.807, 2.05) is 0 Å². The number of nitrogens with zero attached hydrogens (tertiary/aromatic N) is 2. The molecule has 0 atom stereocenters. The number of halogens is 3. The Labute approximate surface area is 103 Å². The second kappa shape index (κ2) is 4.90. The Morgan fingerprint density at radius 1 is 1.39 bits per heavy atom. The van der Waals surface area contributed by atoms with E-state index in [9.17, 15) is 18.0 Å². The first kappa shape index (κ1) is 13.7. The summed E-state index contributed by atoms with van der Waals surface area (Å²) in [5, 5.41) is 25.7. The topological polar surface area (TPSA) is 84.9 Å². The van der Waals surface area contributed by atoms with Crippen LogP contribution in [0.5, 0.6) is 0 Å². The van der Waals surface area contributed by atoms with Crippen LogP contribution in [0, 0.1) is 22.7 Å². The van der Waals surface area contributed by atoms with Crippen LogP contribution in [0.25, 0.3) is 6.08 Å². The quantitative estimate of drug-likeness (QED) is 0.838. The first-order valence-electron chi connectivity index (χ1n) is 4.25. The molecule has 0 saturated carbocycles. The summed E-state index contributed by atoms with van der Waals surface area (Å²) < 4.78 is 37.1. The Kier molecular flexibility index (Phi) is 3.74. The smallest absolute Gasteiger partial charge is 0.423 e. The molecule has 92 valence electrons. The summed E-state index contributed by atoms with van der Waals surface area (Å²) in [4.78, 5) is 10.3. The first-order valence-corrected chi connectivity index (χ1v) is 5.07. The number of carbonyl (C=O) groups is 1. The third kappa shape index (κ3) is 2.87. The third-order valence-electron chi connectivity index (χ3n) is 1.80. The highest BCUT2D eigenvalue weighted by Crippen LogP contribution is 2.30. The van der Waals surface area contributed by atoms with Crippen molar-refractivity contribution in [3.05, 3.63) is 27.0 Å². The van der Waals surface area contributed by atoms with Gasteiger partial charge in [-0.05, 0) is 12.1 Å². The SMILES string of the molecule is N#Cc1cc(/C=C(/C(=O)O)C(F)(F)F)sc1C#N. The molecule has 8 heteroatoms. The molecular formula is C10H3F3N2O2S. The van der Waals surface area contributed by atoms with E-state index in [1.54, 1.807) is 12.1 Å². The Bertz CT molecular complexity index is 571. The van der Waals surface area contributed by atoms with Gasteiger partial charge in [0.05, 0.1) is 5.56 Å². The van der Waals surface area contributed by atoms with E-state index in [0.717, 1.165) is 6.07 Å². The van der Waals surface area contributed by atoms with E-state index in [0.29, 0.717) is 17.4 Å². The lowest BCUT2D eigenvalue weighted by Gasteiger charge is -2.05. The molecule has 1 rings (SSSR count). The number of carboxylic acid groups (broad SMARTS) is 1. The average molecular weight is 272 g/mol. The first-order chi connectivity index (χ1) is 8.29. The van der Waals surface area contributed by atoms with Gasteiger partial charge in [0.1, 0.15) is 22.6 Å². The van der Waals surface area contributed by atoms with Crippen molar-refractivity contribution < 1.29 is 23.1 Å². The lowest BCUT2D eigenvalue weighted by molar-refractivity contribution is -0.144. The van der Waals surface area contributed by atoms with E-state index in [2.05, 4.69) is 0 Å². The van der Waals surface area contributed by atoms with Crippen molar-refractivity contribution >= 4 is 23.4 Å². The van der Waals surface area contributed by atoms with Gasteiger partial charge in [0.25, 0.3) is 0 Å². The fraction of sp³-hybridized carbons (Fsp3) is 0.100. The van der Waals surface area contributed by atoms with Gasteiger partial charge in [-0.2, -0.15) is 23.7 Å². The van der Waals surface area contributed by atoms with Crippen LogP contribution in [-0.4, -0.2) is 17.3 Å². The summed E-state index contributed by atoms with van der Waals surface area (Å²) >= 11 is 0.623. The zero-order valence-electron chi connectivity index (χ0n) is 8.45. The molecule has 0 aliphatic carbocycles. The maximum atomic E-state index is 12.4. The van der Waals surface area contributed by atoms with Gasteiger partial charge in [-0.3, -0.25) is 0 Å². The Morgan fingerprint density at radius 3 is 2.33 bits per heavy atom. The molecule has 1 N–H and O–H groups in total. The fourth-order valence-electron chi connectivity index (χ4n) is 1.05. The largest absolute Gasteiger partial charge is 0.478 e. The molecule has 0 amide bonds. The minimum Gasteiger partial charge on any atom is -0.478 e. The number of aliphatic carboxylic acids is 1. The Morgan fingerprint density at radius 2 is 2.00 bits per heavy atom. The van der Waals surface area contributed by atoms with Crippen LogP contribution in [0.4, 0.5) is 13.2 Å². The van der Waals surface area contributed by atoms with Crippen molar-refractivity contribution in [3.63, 3.8) is 0 Å². The van der Waals surface area contributed by atoms with Gasteiger partial charge in [-0.1, -0.05) is 0 Å². The molecule has 0 aliphatic rings. The van der Waals surface area contributed by atoms with Crippen LogP contribution >= 0.6 is 11.3 Å². The summed E-state index contributed by atoms with van der Waals surface area (Å²) in [5.74, 6) is -2.12. The van der Waals surface area contributed by atoms with Crippen LogP contribution in [0.2, 0.25) is 0 Å². The van der Waals surface area contributed by atoms with Gasteiger partial charge in [0.2, 0.25) is 0 Å². The molecule has 1 aromatic heterocycles. The molecule has 0 bridgehead atoms. The lowest BCUT2D eigenvalue weighted by Crippen LogP contribution is -2.19. The van der Waals surface area contributed by atoms with Gasteiger partial charge in [0, 0.05) is 4.88 Å². The highest BCUT2D eigenvalue weighted by Gasteiger charge is 2.38. The number of hydrogen-bond acceptors (Lipinski definition) is 4. The number of nitriles is 2. The molecule has 4 nitrogen and oxygen atoms in total. The van der Waals surface area contributed by atoms with Crippen LogP contribution in [0.15, 0.2) is 11.6 Å². The molecule has 0 spiro atoms. The summed E-state index contributed by atoms with van der Waals surface area (Å²) in [7, 11) is 0. The van der Waals surface area contributed by atoms with Gasteiger partial charge >= 0.3 is 12.1 Å². The zero-order valence-corrected chi connectivity index (χ0v) is 9.26. The molecule has 0 unspecified atom stereocenters. The van der Waals surface area contributed by atoms with E-state index in [-0.39, 0.29) is 15.3 Å². The zero-order chi connectivity index (χ0) is 13.9. The normalized spacial score (nSPS) is 11.7. The molecule has 1 heterocycles. The van der Waals surface area contributed by atoms with E-state index in [1.165, 1.54) is 0 Å². The lowest BCUT2D eigenvalue weighted by atomic mass is 10.2. The second-order valence-electron chi connectivity index (χ2n) is 2.98. The molecular weight excluding hydrogens is 269 g/mol. The molecule has 0 fully saturated rings. The van der Waals surface area contributed by atoms with Gasteiger partial charge in [0.15, 0.2) is 0 Å². The molecule has 0 radical (unpaired) electrons. The number of thiophene rings is 1. The Balaban J connectivity index is 3.32. The molecule has 0 aromatic carbocycles. The molecule has 0 aliphatic heterocycles. The number of rotatable bonds is 2. The molecule has 0 saturated heterocycles. The highest BCUT2D eigenvalue weighted by molar-refractivity contribution is 7.13. The monoisotopic (exact) mass is 272 g/mol. The number of hydrogen-bond donors (Lipinski definition) is 1. The maximum Gasteiger partial charge on any atom is 0.423 e. The van der Waals surface area contributed by atoms with Crippen LogP contribution < -0.4 is 0 Å². The maximum absolute atomic E-state index is 12.4. The van der Waals surface area contributed by atoms with Crippen molar-refractivity contribution in [1.29, 1.82) is 10.5 Å².